The number of hydrogen-bond acceptors (Lipinski definition) is 2. The van der Waals surface area contributed by atoms with Gasteiger partial charge in [-0.05, 0) is 19.1 Å². The van der Waals surface area contributed by atoms with Crippen molar-refractivity contribution in [1.82, 2.24) is 0 Å². The Bertz CT molecular complexity index is 348. The smallest absolute Gasteiger partial charge is 0.305 e. The Morgan fingerprint density at radius 2 is 2.00 bits per heavy atom. The average molecular weight is 248 g/mol. The molecule has 0 fully saturated rings. The molecule has 0 aliphatic rings. The Balaban J connectivity index is 2.76. The molecule has 1 atom stereocenters. The zero-order valence-electron chi connectivity index (χ0n) is 8.13. The summed E-state index contributed by atoms with van der Waals surface area (Å²) in [4.78, 5) is 10.5. The van der Waals surface area contributed by atoms with Crippen molar-refractivity contribution in [2.75, 3.05) is 5.32 Å². The Kier molecular flexibility index (Phi) is 4.24. The summed E-state index contributed by atoms with van der Waals surface area (Å²) in [6.45, 7) is 1.76. The number of anilines is 1. The molecule has 0 aromatic heterocycles. The second-order valence-corrected chi connectivity index (χ2v) is 4.05. The number of halogens is 2. The van der Waals surface area contributed by atoms with Crippen LogP contribution in [0.4, 0.5) is 5.69 Å². The molecule has 0 spiro atoms. The van der Waals surface area contributed by atoms with Gasteiger partial charge in [-0.15, -0.1) is 0 Å². The molecule has 3 nitrogen and oxygen atoms in total. The van der Waals surface area contributed by atoms with Gasteiger partial charge in [-0.25, -0.2) is 0 Å². The fraction of sp³-hybridized carbons (Fsp3) is 0.300. The molecule has 0 bridgehead atoms. The van der Waals surface area contributed by atoms with Gasteiger partial charge in [-0.1, -0.05) is 29.3 Å². The zero-order chi connectivity index (χ0) is 11.4. The molecule has 0 radical (unpaired) electrons. The zero-order valence-corrected chi connectivity index (χ0v) is 9.64. The van der Waals surface area contributed by atoms with E-state index in [0.29, 0.717) is 15.7 Å². The number of carboxylic acids is 1. The first-order chi connectivity index (χ1) is 7.00. The second kappa shape index (κ2) is 5.24. The third kappa shape index (κ3) is 3.61. The SMILES string of the molecule is CC(CC(=O)O)Nc1c(Cl)cccc1Cl. The van der Waals surface area contributed by atoms with Gasteiger partial charge in [-0.3, -0.25) is 4.79 Å². The lowest BCUT2D eigenvalue weighted by Gasteiger charge is -2.15. The standard InChI is InChI=1S/C10H11Cl2NO2/c1-6(5-9(14)15)13-10-7(11)3-2-4-8(10)12/h2-4,6,13H,5H2,1H3,(H,14,15). The van der Waals surface area contributed by atoms with Gasteiger partial charge < -0.3 is 10.4 Å². The first-order valence-corrected chi connectivity index (χ1v) is 5.18. The van der Waals surface area contributed by atoms with Crippen molar-refractivity contribution in [1.29, 1.82) is 0 Å². The molecule has 0 aliphatic carbocycles. The minimum atomic E-state index is -0.863. The van der Waals surface area contributed by atoms with E-state index in [1.165, 1.54) is 0 Å². The van der Waals surface area contributed by atoms with Crippen LogP contribution in [-0.2, 0) is 4.79 Å². The van der Waals surface area contributed by atoms with E-state index in [9.17, 15) is 4.79 Å². The second-order valence-electron chi connectivity index (χ2n) is 3.24. The molecule has 1 aromatic carbocycles. The van der Waals surface area contributed by atoms with Crippen molar-refractivity contribution in [3.8, 4) is 0 Å². The first kappa shape index (κ1) is 12.1. The third-order valence-corrected chi connectivity index (χ3v) is 2.46. The summed E-state index contributed by atoms with van der Waals surface area (Å²) in [7, 11) is 0. The summed E-state index contributed by atoms with van der Waals surface area (Å²) in [6.07, 6.45) is 0.0154. The number of carboxylic acid groups (broad SMARTS) is 1. The van der Waals surface area contributed by atoms with E-state index < -0.39 is 5.97 Å². The van der Waals surface area contributed by atoms with E-state index in [1.54, 1.807) is 25.1 Å². The topological polar surface area (TPSA) is 49.3 Å². The molecule has 0 saturated heterocycles. The number of benzene rings is 1. The quantitative estimate of drug-likeness (QED) is 0.859. The number of hydrogen-bond donors (Lipinski definition) is 2. The van der Waals surface area contributed by atoms with E-state index in [0.717, 1.165) is 0 Å². The molecule has 82 valence electrons. The minimum absolute atomic E-state index is 0.0154. The monoisotopic (exact) mass is 247 g/mol. The van der Waals surface area contributed by atoms with Crippen LogP contribution in [0.2, 0.25) is 10.0 Å². The molecule has 0 saturated carbocycles. The van der Waals surface area contributed by atoms with E-state index >= 15 is 0 Å². The van der Waals surface area contributed by atoms with Crippen molar-refractivity contribution >= 4 is 34.9 Å². The normalized spacial score (nSPS) is 12.2. The number of aliphatic carboxylic acids is 1. The predicted molar refractivity (Wildman–Crippen MR) is 61.8 cm³/mol. The van der Waals surface area contributed by atoms with Gasteiger partial charge in [0.05, 0.1) is 22.2 Å². The maximum atomic E-state index is 10.5. The number of rotatable bonds is 4. The molecular formula is C10H11Cl2NO2. The highest BCUT2D eigenvalue weighted by atomic mass is 35.5. The summed E-state index contributed by atoms with van der Waals surface area (Å²) in [6, 6.07) is 4.91. The summed E-state index contributed by atoms with van der Waals surface area (Å²) in [5.74, 6) is -0.863. The first-order valence-electron chi connectivity index (χ1n) is 4.43. The predicted octanol–water partition coefficient (Wildman–Crippen LogP) is 3.27. The number of para-hydroxylation sites is 1. The number of carbonyl (C=O) groups is 1. The van der Waals surface area contributed by atoms with Gasteiger partial charge in [-0.2, -0.15) is 0 Å². The van der Waals surface area contributed by atoms with E-state index in [1.807, 2.05) is 0 Å². The maximum absolute atomic E-state index is 10.5. The molecule has 1 rings (SSSR count). The Morgan fingerprint density at radius 1 is 1.47 bits per heavy atom. The minimum Gasteiger partial charge on any atom is -0.481 e. The van der Waals surface area contributed by atoms with E-state index in [2.05, 4.69) is 5.32 Å². The fourth-order valence-corrected chi connectivity index (χ4v) is 1.70. The average Bonchev–Trinajstić information content (AvgIpc) is 2.10. The highest BCUT2D eigenvalue weighted by Crippen LogP contribution is 2.30. The van der Waals surface area contributed by atoms with Crippen molar-refractivity contribution in [2.45, 2.75) is 19.4 Å². The van der Waals surface area contributed by atoms with Crippen LogP contribution in [-0.4, -0.2) is 17.1 Å². The van der Waals surface area contributed by atoms with Gasteiger partial charge in [0.2, 0.25) is 0 Å². The molecule has 5 heteroatoms. The van der Waals surface area contributed by atoms with Crippen molar-refractivity contribution in [3.05, 3.63) is 28.2 Å². The third-order valence-electron chi connectivity index (χ3n) is 1.83. The molecular weight excluding hydrogens is 237 g/mol. The fourth-order valence-electron chi connectivity index (χ4n) is 1.20. The molecule has 1 aromatic rings. The number of nitrogens with one attached hydrogen (secondary N) is 1. The molecule has 0 heterocycles. The van der Waals surface area contributed by atoms with Crippen LogP contribution in [0.3, 0.4) is 0 Å². The summed E-state index contributed by atoms with van der Waals surface area (Å²) < 4.78 is 0. The largest absolute Gasteiger partial charge is 0.481 e. The van der Waals surface area contributed by atoms with Crippen molar-refractivity contribution in [3.63, 3.8) is 0 Å². The lowest BCUT2D eigenvalue weighted by atomic mass is 10.2. The molecule has 0 amide bonds. The van der Waals surface area contributed by atoms with Gasteiger partial charge in [0.15, 0.2) is 0 Å². The molecule has 0 aliphatic heterocycles. The summed E-state index contributed by atoms with van der Waals surface area (Å²) in [5, 5.41) is 12.5. The van der Waals surface area contributed by atoms with Crippen molar-refractivity contribution < 1.29 is 9.90 Å². The van der Waals surface area contributed by atoms with Gasteiger partial charge >= 0.3 is 5.97 Å². The molecule has 1 unspecified atom stereocenters. The van der Waals surface area contributed by atoms with Crippen LogP contribution < -0.4 is 5.32 Å². The Labute approximate surface area is 98.0 Å². The van der Waals surface area contributed by atoms with Gasteiger partial charge in [0, 0.05) is 6.04 Å². The highest BCUT2D eigenvalue weighted by molar-refractivity contribution is 6.39. The van der Waals surface area contributed by atoms with Crippen LogP contribution in [0.15, 0.2) is 18.2 Å². The molecule has 15 heavy (non-hydrogen) atoms. The van der Waals surface area contributed by atoms with Crippen LogP contribution >= 0.6 is 23.2 Å². The van der Waals surface area contributed by atoms with Crippen LogP contribution in [0.5, 0.6) is 0 Å². The summed E-state index contributed by atoms with van der Waals surface area (Å²) >= 11 is 11.8. The lowest BCUT2D eigenvalue weighted by molar-refractivity contribution is -0.137. The van der Waals surface area contributed by atoms with Gasteiger partial charge in [0.25, 0.3) is 0 Å². The van der Waals surface area contributed by atoms with Gasteiger partial charge in [0.1, 0.15) is 0 Å². The van der Waals surface area contributed by atoms with Crippen molar-refractivity contribution in [2.24, 2.45) is 0 Å². The van der Waals surface area contributed by atoms with Crippen LogP contribution in [0.1, 0.15) is 13.3 Å². The van der Waals surface area contributed by atoms with E-state index in [-0.39, 0.29) is 12.5 Å². The van der Waals surface area contributed by atoms with E-state index in [4.69, 9.17) is 28.3 Å². The molecule has 2 N–H and O–H groups in total. The van der Waals surface area contributed by atoms with Crippen LogP contribution in [0.25, 0.3) is 0 Å². The highest BCUT2D eigenvalue weighted by Gasteiger charge is 2.11. The lowest BCUT2D eigenvalue weighted by Crippen LogP contribution is -2.19. The Morgan fingerprint density at radius 3 is 2.47 bits per heavy atom. The Hall–Kier alpha value is -0.930. The van der Waals surface area contributed by atoms with Crippen LogP contribution in [0, 0.1) is 0 Å². The maximum Gasteiger partial charge on any atom is 0.305 e. The summed E-state index contributed by atoms with van der Waals surface area (Å²) in [5.41, 5.74) is 0.578.